The normalized spacial score (nSPS) is 10.3. The first-order valence-corrected chi connectivity index (χ1v) is 4.02. The molecule has 0 atom stereocenters. The van der Waals surface area contributed by atoms with Crippen LogP contribution in [0.2, 0.25) is 0 Å². The zero-order valence-electron chi connectivity index (χ0n) is 6.96. The summed E-state index contributed by atoms with van der Waals surface area (Å²) < 4.78 is 13.0. The Morgan fingerprint density at radius 3 is 2.18 bits per heavy atom. The second kappa shape index (κ2) is 2.78. The highest BCUT2D eigenvalue weighted by Gasteiger charge is 2.05. The van der Waals surface area contributed by atoms with Crippen LogP contribution in [0.5, 0.6) is 0 Å². The van der Waals surface area contributed by atoms with Crippen LogP contribution in [0.4, 0.5) is 4.39 Å². The molecule has 3 radical (unpaired) electrons. The lowest BCUT2D eigenvalue weighted by molar-refractivity contribution is 0.617. The van der Waals surface area contributed by atoms with Crippen molar-refractivity contribution in [1.82, 2.24) is 0 Å². The highest BCUT2D eigenvalue weighted by atomic mass is 28.1. The molecule has 0 fully saturated rings. The largest absolute Gasteiger partial charge is 0.207 e. The topological polar surface area (TPSA) is 0 Å². The van der Waals surface area contributed by atoms with Crippen molar-refractivity contribution < 1.29 is 4.39 Å². The summed E-state index contributed by atoms with van der Waals surface area (Å²) in [7, 11) is 3.34. The van der Waals surface area contributed by atoms with Crippen molar-refractivity contribution >= 4 is 15.4 Å². The predicted octanol–water partition coefficient (Wildman–Crippen LogP) is 1.54. The first-order chi connectivity index (χ1) is 5.04. The highest BCUT2D eigenvalue weighted by molar-refractivity contribution is 6.33. The van der Waals surface area contributed by atoms with E-state index in [1.165, 1.54) is 6.07 Å². The van der Waals surface area contributed by atoms with E-state index in [-0.39, 0.29) is 5.82 Å². The van der Waals surface area contributed by atoms with Crippen molar-refractivity contribution in [2.24, 2.45) is 0 Å². The molecule has 11 heavy (non-hydrogen) atoms. The number of benzene rings is 1. The van der Waals surface area contributed by atoms with Crippen LogP contribution in [0.15, 0.2) is 6.07 Å². The number of halogens is 1. The van der Waals surface area contributed by atoms with E-state index >= 15 is 0 Å². The molecule has 0 aromatic heterocycles. The van der Waals surface area contributed by atoms with E-state index in [4.69, 9.17) is 0 Å². The van der Waals surface area contributed by atoms with Crippen LogP contribution in [-0.4, -0.2) is 10.2 Å². The molecule has 0 aliphatic rings. The third-order valence-corrected chi connectivity index (χ3v) is 2.68. The average Bonchev–Trinajstić information content (AvgIpc) is 1.97. The molecule has 0 bridgehead atoms. The van der Waals surface area contributed by atoms with Crippen molar-refractivity contribution in [2.75, 3.05) is 0 Å². The second-order valence-electron chi connectivity index (χ2n) is 2.78. The van der Waals surface area contributed by atoms with Gasteiger partial charge in [-0.2, -0.15) is 0 Å². The molecule has 0 aliphatic carbocycles. The van der Waals surface area contributed by atoms with E-state index in [1.807, 2.05) is 13.8 Å². The molecule has 0 nitrogen and oxygen atoms in total. The minimum Gasteiger partial charge on any atom is -0.207 e. The molecule has 0 unspecified atom stereocenters. The SMILES string of the molecule is Cc1c(F)cc([Si])c(C)c1C. The first kappa shape index (κ1) is 8.46. The first-order valence-electron chi connectivity index (χ1n) is 3.52. The van der Waals surface area contributed by atoms with Crippen LogP contribution in [0.25, 0.3) is 0 Å². The molecule has 0 N–H and O–H groups in total. The van der Waals surface area contributed by atoms with Crippen LogP contribution >= 0.6 is 0 Å². The van der Waals surface area contributed by atoms with Gasteiger partial charge < -0.3 is 0 Å². The molecular formula is C9H10FSi. The Hall–Kier alpha value is -0.633. The third kappa shape index (κ3) is 1.36. The van der Waals surface area contributed by atoms with E-state index in [0.29, 0.717) is 0 Å². The smallest absolute Gasteiger partial charge is 0.126 e. The maximum Gasteiger partial charge on any atom is 0.126 e. The van der Waals surface area contributed by atoms with Crippen molar-refractivity contribution in [2.45, 2.75) is 20.8 Å². The summed E-state index contributed by atoms with van der Waals surface area (Å²) in [4.78, 5) is 0. The second-order valence-corrected chi connectivity index (χ2v) is 3.32. The number of rotatable bonds is 0. The third-order valence-electron chi connectivity index (χ3n) is 2.16. The summed E-state index contributed by atoms with van der Waals surface area (Å²) >= 11 is 0. The van der Waals surface area contributed by atoms with Crippen molar-refractivity contribution in [3.05, 3.63) is 28.6 Å². The average molecular weight is 165 g/mol. The lowest BCUT2D eigenvalue weighted by Gasteiger charge is -2.08. The fraction of sp³-hybridized carbons (Fsp3) is 0.333. The van der Waals surface area contributed by atoms with Gasteiger partial charge in [-0.25, -0.2) is 4.39 Å². The number of hydrogen-bond acceptors (Lipinski definition) is 0. The van der Waals surface area contributed by atoms with Gasteiger partial charge >= 0.3 is 0 Å². The molecule has 2 heteroatoms. The van der Waals surface area contributed by atoms with Crippen molar-refractivity contribution in [3.63, 3.8) is 0 Å². The minimum absolute atomic E-state index is 0.141. The van der Waals surface area contributed by atoms with Gasteiger partial charge in [0.05, 0.1) is 10.2 Å². The van der Waals surface area contributed by atoms with E-state index in [2.05, 4.69) is 10.2 Å². The van der Waals surface area contributed by atoms with Crippen molar-refractivity contribution in [1.29, 1.82) is 0 Å². The molecular weight excluding hydrogens is 155 g/mol. The van der Waals surface area contributed by atoms with Gasteiger partial charge in [0.2, 0.25) is 0 Å². The molecule has 0 amide bonds. The molecule has 1 rings (SSSR count). The zero-order valence-corrected chi connectivity index (χ0v) is 7.96. The van der Waals surface area contributed by atoms with E-state index in [0.717, 1.165) is 21.9 Å². The summed E-state index contributed by atoms with van der Waals surface area (Å²) in [6.45, 7) is 5.70. The molecule has 1 aromatic carbocycles. The fourth-order valence-electron chi connectivity index (χ4n) is 1.01. The summed E-state index contributed by atoms with van der Waals surface area (Å²) in [5.74, 6) is -0.141. The Morgan fingerprint density at radius 2 is 1.64 bits per heavy atom. The maximum atomic E-state index is 13.0. The molecule has 0 aliphatic heterocycles. The summed E-state index contributed by atoms with van der Waals surface area (Å²) in [6, 6.07) is 1.51. The Labute approximate surface area is 69.9 Å². The summed E-state index contributed by atoms with van der Waals surface area (Å²) in [5, 5.41) is 0.839. The molecule has 0 saturated heterocycles. The van der Waals surface area contributed by atoms with Crippen LogP contribution in [-0.2, 0) is 0 Å². The van der Waals surface area contributed by atoms with Crippen LogP contribution in [0.3, 0.4) is 0 Å². The van der Waals surface area contributed by atoms with Gasteiger partial charge in [-0.15, -0.1) is 0 Å². The molecule has 0 spiro atoms. The molecule has 57 valence electrons. The fourth-order valence-corrected chi connectivity index (χ4v) is 1.32. The van der Waals surface area contributed by atoms with Crippen LogP contribution < -0.4 is 5.19 Å². The maximum absolute atomic E-state index is 13.0. The monoisotopic (exact) mass is 165 g/mol. The predicted molar refractivity (Wildman–Crippen MR) is 46.0 cm³/mol. The van der Waals surface area contributed by atoms with E-state index in [9.17, 15) is 4.39 Å². The van der Waals surface area contributed by atoms with E-state index < -0.39 is 0 Å². The molecule has 0 saturated carbocycles. The van der Waals surface area contributed by atoms with Gasteiger partial charge in [0.15, 0.2) is 0 Å². The highest BCUT2D eigenvalue weighted by Crippen LogP contribution is 2.12. The number of hydrogen-bond donors (Lipinski definition) is 0. The van der Waals surface area contributed by atoms with Crippen LogP contribution in [0.1, 0.15) is 16.7 Å². The quantitative estimate of drug-likeness (QED) is 0.512. The van der Waals surface area contributed by atoms with E-state index in [1.54, 1.807) is 6.92 Å². The van der Waals surface area contributed by atoms with Gasteiger partial charge in [-0.3, -0.25) is 0 Å². The summed E-state index contributed by atoms with van der Waals surface area (Å²) in [6.07, 6.45) is 0. The lowest BCUT2D eigenvalue weighted by Crippen LogP contribution is -2.11. The van der Waals surface area contributed by atoms with Gasteiger partial charge in [-0.05, 0) is 43.5 Å². The Morgan fingerprint density at radius 1 is 1.09 bits per heavy atom. The van der Waals surface area contributed by atoms with Crippen molar-refractivity contribution in [3.8, 4) is 0 Å². The summed E-state index contributed by atoms with van der Waals surface area (Å²) in [5.41, 5.74) is 2.88. The van der Waals surface area contributed by atoms with Gasteiger partial charge in [0, 0.05) is 0 Å². The van der Waals surface area contributed by atoms with Crippen LogP contribution in [0, 0.1) is 26.6 Å². The Balaban J connectivity index is 3.46. The van der Waals surface area contributed by atoms with Gasteiger partial charge in [0.1, 0.15) is 5.82 Å². The standard InChI is InChI=1S/C9H10FSi/c1-5-6(2)8(10)4-9(11)7(5)3/h4H,1-3H3. The zero-order chi connectivity index (χ0) is 8.59. The molecule has 1 aromatic rings. The minimum atomic E-state index is -0.141. The Kier molecular flexibility index (Phi) is 2.14. The van der Waals surface area contributed by atoms with Gasteiger partial charge in [-0.1, -0.05) is 5.19 Å². The molecule has 0 heterocycles. The Bertz CT molecular complexity index is 266. The lowest BCUT2D eigenvalue weighted by atomic mass is 10.0. The van der Waals surface area contributed by atoms with Gasteiger partial charge in [0.25, 0.3) is 0 Å².